The third-order valence-corrected chi connectivity index (χ3v) is 2.48. The molecule has 0 fully saturated rings. The average Bonchev–Trinajstić information content (AvgIpc) is 2.03. The summed E-state index contributed by atoms with van der Waals surface area (Å²) in [5.74, 6) is 0.645. The van der Waals surface area contributed by atoms with E-state index in [1.807, 2.05) is 6.92 Å². The number of halogens is 1. The number of rotatable bonds is 2. The first-order valence-corrected chi connectivity index (χ1v) is 4.55. The van der Waals surface area contributed by atoms with Crippen molar-refractivity contribution in [1.82, 2.24) is 0 Å². The number of methoxy groups -OCH3 is 1. The molecule has 1 aromatic rings. The van der Waals surface area contributed by atoms with E-state index in [2.05, 4.69) is 15.9 Å². The number of hydrogen-bond acceptors (Lipinski definition) is 3. The van der Waals surface area contributed by atoms with E-state index in [1.165, 1.54) is 0 Å². The quantitative estimate of drug-likeness (QED) is 0.743. The van der Waals surface area contributed by atoms with Crippen molar-refractivity contribution in [2.45, 2.75) is 6.92 Å². The summed E-state index contributed by atoms with van der Waals surface area (Å²) in [6, 6.07) is 3.39. The van der Waals surface area contributed by atoms with Crippen LogP contribution in [0.15, 0.2) is 16.6 Å². The highest BCUT2D eigenvalue weighted by molar-refractivity contribution is 9.10. The molecule has 0 heterocycles. The molecule has 0 aromatic heterocycles. The van der Waals surface area contributed by atoms with E-state index in [1.54, 1.807) is 19.2 Å². The maximum absolute atomic E-state index is 8.99. The van der Waals surface area contributed by atoms with Crippen molar-refractivity contribution < 1.29 is 14.8 Å². The van der Waals surface area contributed by atoms with Crippen LogP contribution in [0, 0.1) is 6.92 Å². The topological polar surface area (TPSA) is 49.7 Å². The standard InChI is InChI=1S/C8H10BBrO3/c1-5-3-7(10)6(9(11)12)4-8(5)13-2/h3-4,11-12H,1-2H3. The van der Waals surface area contributed by atoms with Crippen LogP contribution < -0.4 is 10.2 Å². The molecule has 0 unspecified atom stereocenters. The van der Waals surface area contributed by atoms with Crippen molar-refractivity contribution in [1.29, 1.82) is 0 Å². The Morgan fingerprint density at radius 2 is 2.00 bits per heavy atom. The normalized spacial score (nSPS) is 9.92. The van der Waals surface area contributed by atoms with Crippen molar-refractivity contribution >= 4 is 28.5 Å². The molecule has 13 heavy (non-hydrogen) atoms. The zero-order valence-electron chi connectivity index (χ0n) is 7.41. The SMILES string of the molecule is COc1cc(B(O)O)c(Br)cc1C. The van der Waals surface area contributed by atoms with Crippen LogP contribution in [0.25, 0.3) is 0 Å². The molecule has 0 radical (unpaired) electrons. The van der Waals surface area contributed by atoms with Gasteiger partial charge in [0.1, 0.15) is 5.75 Å². The molecule has 1 rings (SSSR count). The number of ether oxygens (including phenoxy) is 1. The molecule has 0 saturated heterocycles. The monoisotopic (exact) mass is 244 g/mol. The van der Waals surface area contributed by atoms with Gasteiger partial charge in [0.25, 0.3) is 0 Å². The maximum Gasteiger partial charge on any atom is 0.489 e. The first-order chi connectivity index (χ1) is 6.06. The third kappa shape index (κ3) is 2.24. The minimum Gasteiger partial charge on any atom is -0.497 e. The van der Waals surface area contributed by atoms with Gasteiger partial charge in [0.15, 0.2) is 0 Å². The van der Waals surface area contributed by atoms with E-state index in [9.17, 15) is 0 Å². The van der Waals surface area contributed by atoms with Crippen LogP contribution in [0.3, 0.4) is 0 Å². The summed E-state index contributed by atoms with van der Waals surface area (Å²) in [6.45, 7) is 1.89. The summed E-state index contributed by atoms with van der Waals surface area (Å²) in [5, 5.41) is 18.0. The van der Waals surface area contributed by atoms with E-state index in [-0.39, 0.29) is 0 Å². The molecule has 1 aromatic carbocycles. The van der Waals surface area contributed by atoms with Crippen molar-refractivity contribution in [3.05, 3.63) is 22.2 Å². The molecule has 0 atom stereocenters. The molecule has 0 spiro atoms. The average molecular weight is 245 g/mol. The van der Waals surface area contributed by atoms with E-state index >= 15 is 0 Å². The zero-order chi connectivity index (χ0) is 10.0. The van der Waals surface area contributed by atoms with Gasteiger partial charge < -0.3 is 14.8 Å². The Morgan fingerprint density at radius 1 is 1.38 bits per heavy atom. The molecule has 0 amide bonds. The lowest BCUT2D eigenvalue weighted by molar-refractivity contribution is 0.409. The minimum atomic E-state index is -1.48. The van der Waals surface area contributed by atoms with Gasteiger partial charge in [0, 0.05) is 4.47 Å². The lowest BCUT2D eigenvalue weighted by Crippen LogP contribution is -2.31. The van der Waals surface area contributed by atoms with Gasteiger partial charge in [-0.25, -0.2) is 0 Å². The van der Waals surface area contributed by atoms with Crippen molar-refractivity contribution in [2.24, 2.45) is 0 Å². The van der Waals surface area contributed by atoms with E-state index in [0.29, 0.717) is 15.7 Å². The van der Waals surface area contributed by atoms with Crippen LogP contribution in [0.2, 0.25) is 0 Å². The van der Waals surface area contributed by atoms with Crippen LogP contribution in [-0.2, 0) is 0 Å². The molecule has 0 saturated carbocycles. The maximum atomic E-state index is 8.99. The highest BCUT2D eigenvalue weighted by Crippen LogP contribution is 2.20. The van der Waals surface area contributed by atoms with E-state index in [4.69, 9.17) is 14.8 Å². The molecule has 70 valence electrons. The Hall–Kier alpha value is -0.515. The first kappa shape index (κ1) is 10.6. The van der Waals surface area contributed by atoms with E-state index < -0.39 is 7.12 Å². The second kappa shape index (κ2) is 4.13. The van der Waals surface area contributed by atoms with Gasteiger partial charge in [-0.3, -0.25) is 0 Å². The fraction of sp³-hybridized carbons (Fsp3) is 0.250. The lowest BCUT2D eigenvalue weighted by atomic mass is 9.80. The Morgan fingerprint density at radius 3 is 2.46 bits per heavy atom. The number of hydrogen-bond donors (Lipinski definition) is 2. The Bertz CT molecular complexity index is 315. The van der Waals surface area contributed by atoms with Gasteiger partial charge in [-0.05, 0) is 30.1 Å². The second-order valence-electron chi connectivity index (χ2n) is 2.72. The van der Waals surface area contributed by atoms with Gasteiger partial charge >= 0.3 is 7.12 Å². The van der Waals surface area contributed by atoms with Crippen molar-refractivity contribution in [2.75, 3.05) is 7.11 Å². The summed E-state index contributed by atoms with van der Waals surface area (Å²) in [6.07, 6.45) is 0. The van der Waals surface area contributed by atoms with Gasteiger partial charge in [0.2, 0.25) is 0 Å². The highest BCUT2D eigenvalue weighted by Gasteiger charge is 2.16. The van der Waals surface area contributed by atoms with Crippen LogP contribution >= 0.6 is 15.9 Å². The summed E-state index contributed by atoms with van der Waals surface area (Å²) >= 11 is 3.24. The molecule has 0 aliphatic heterocycles. The fourth-order valence-corrected chi connectivity index (χ4v) is 1.75. The Labute approximate surface area is 85.6 Å². The molecule has 0 aliphatic carbocycles. The molecular weight excluding hydrogens is 235 g/mol. The predicted octanol–water partition coefficient (Wildman–Crippen LogP) is 0.446. The summed E-state index contributed by atoms with van der Waals surface area (Å²) in [4.78, 5) is 0. The predicted molar refractivity (Wildman–Crippen MR) is 55.3 cm³/mol. The number of aryl methyl sites for hydroxylation is 1. The molecule has 0 bridgehead atoms. The van der Waals surface area contributed by atoms with Crippen LogP contribution in [-0.4, -0.2) is 24.3 Å². The first-order valence-electron chi connectivity index (χ1n) is 3.76. The minimum absolute atomic E-state index is 0.405. The Balaban J connectivity index is 3.22. The van der Waals surface area contributed by atoms with Gasteiger partial charge in [0.05, 0.1) is 7.11 Å². The van der Waals surface area contributed by atoms with Gasteiger partial charge in [-0.1, -0.05) is 15.9 Å². The molecular formula is C8H10BBrO3. The van der Waals surface area contributed by atoms with E-state index in [0.717, 1.165) is 5.56 Å². The summed E-state index contributed by atoms with van der Waals surface area (Å²) in [5.41, 5.74) is 1.35. The van der Waals surface area contributed by atoms with Crippen molar-refractivity contribution in [3.8, 4) is 5.75 Å². The van der Waals surface area contributed by atoms with Gasteiger partial charge in [-0.2, -0.15) is 0 Å². The lowest BCUT2D eigenvalue weighted by Gasteiger charge is -2.09. The molecule has 0 aliphatic rings. The fourth-order valence-electron chi connectivity index (χ4n) is 1.09. The van der Waals surface area contributed by atoms with Crippen LogP contribution in [0.1, 0.15) is 5.56 Å². The molecule has 3 nitrogen and oxygen atoms in total. The molecule has 5 heteroatoms. The summed E-state index contributed by atoms with van der Waals surface area (Å²) in [7, 11) is 0.0629. The smallest absolute Gasteiger partial charge is 0.489 e. The summed E-state index contributed by atoms with van der Waals surface area (Å²) < 4.78 is 5.72. The molecule has 2 N–H and O–H groups in total. The van der Waals surface area contributed by atoms with Crippen LogP contribution in [0.5, 0.6) is 5.75 Å². The highest BCUT2D eigenvalue weighted by atomic mass is 79.9. The number of benzene rings is 1. The zero-order valence-corrected chi connectivity index (χ0v) is 9.00. The van der Waals surface area contributed by atoms with Crippen LogP contribution in [0.4, 0.5) is 0 Å². The van der Waals surface area contributed by atoms with Crippen molar-refractivity contribution in [3.63, 3.8) is 0 Å². The Kier molecular flexibility index (Phi) is 3.36. The van der Waals surface area contributed by atoms with Gasteiger partial charge in [-0.15, -0.1) is 0 Å². The second-order valence-corrected chi connectivity index (χ2v) is 3.57. The third-order valence-electron chi connectivity index (χ3n) is 1.79. The largest absolute Gasteiger partial charge is 0.497 e.